The summed E-state index contributed by atoms with van der Waals surface area (Å²) in [5, 5.41) is 4.06. The maximum Gasteiger partial charge on any atom is 0.141 e. The molecule has 4 aromatic heterocycles. The summed E-state index contributed by atoms with van der Waals surface area (Å²) < 4.78 is 23.0. The van der Waals surface area contributed by atoms with Gasteiger partial charge in [0.1, 0.15) is 17.2 Å². The molecule has 0 aliphatic heterocycles. The summed E-state index contributed by atoms with van der Waals surface area (Å²) in [5.41, 5.74) is 10.2. The van der Waals surface area contributed by atoms with Crippen molar-refractivity contribution in [2.24, 2.45) is 0 Å². The second-order valence-electron chi connectivity index (χ2n) is 8.50. The average molecular weight is 420 g/mol. The number of aryl methyl sites for hydroxylation is 2. The molecule has 4 aromatic rings. The van der Waals surface area contributed by atoms with Crippen molar-refractivity contribution < 1.29 is 8.91 Å². The summed E-state index contributed by atoms with van der Waals surface area (Å²) in [6.45, 7) is 4.08. The molecule has 0 saturated heterocycles. The molecule has 8 heteroatoms. The quantitative estimate of drug-likeness (QED) is 0.498. The molecular weight excluding hydrogens is 395 g/mol. The third-order valence-electron chi connectivity index (χ3n) is 6.19. The smallest absolute Gasteiger partial charge is 0.141 e. The van der Waals surface area contributed by atoms with Crippen LogP contribution in [-0.2, 0) is 6.54 Å². The summed E-state index contributed by atoms with van der Waals surface area (Å²) >= 11 is 0. The van der Waals surface area contributed by atoms with E-state index in [-0.39, 0.29) is 0 Å². The second-order valence-corrected chi connectivity index (χ2v) is 8.50. The molecule has 1 aliphatic rings. The van der Waals surface area contributed by atoms with Gasteiger partial charge in [0.2, 0.25) is 0 Å². The Hall–Kier alpha value is -3.29. The molecule has 0 unspecified atom stereocenters. The molecule has 0 bridgehead atoms. The minimum atomic E-state index is -1.21. The first-order valence-electron chi connectivity index (χ1n) is 10.6. The molecule has 1 fully saturated rings. The maximum absolute atomic E-state index is 15.6. The van der Waals surface area contributed by atoms with Crippen molar-refractivity contribution >= 4 is 16.9 Å². The Balaban J connectivity index is 1.67. The van der Waals surface area contributed by atoms with E-state index < -0.39 is 5.67 Å². The number of alkyl halides is 1. The van der Waals surface area contributed by atoms with Crippen LogP contribution in [0.4, 0.5) is 10.2 Å². The van der Waals surface area contributed by atoms with E-state index in [0.29, 0.717) is 30.9 Å². The Labute approximate surface area is 179 Å². The van der Waals surface area contributed by atoms with Crippen LogP contribution < -0.4 is 5.73 Å². The topological polar surface area (TPSA) is 95.7 Å². The van der Waals surface area contributed by atoms with E-state index in [4.69, 9.17) is 15.2 Å². The van der Waals surface area contributed by atoms with E-state index in [0.717, 1.165) is 58.4 Å². The fourth-order valence-electron chi connectivity index (χ4n) is 4.64. The maximum atomic E-state index is 15.6. The number of halogens is 1. The highest BCUT2D eigenvalue weighted by Gasteiger charge is 2.33. The van der Waals surface area contributed by atoms with Gasteiger partial charge in [0, 0.05) is 29.1 Å². The summed E-state index contributed by atoms with van der Waals surface area (Å²) in [4.78, 5) is 13.3. The van der Waals surface area contributed by atoms with Crippen molar-refractivity contribution in [3.63, 3.8) is 0 Å². The number of nitrogen functional groups attached to an aromatic ring is 1. The van der Waals surface area contributed by atoms with Gasteiger partial charge >= 0.3 is 0 Å². The third kappa shape index (κ3) is 3.56. The van der Waals surface area contributed by atoms with Crippen LogP contribution in [0.15, 0.2) is 35.4 Å². The molecule has 1 saturated carbocycles. The predicted octanol–water partition coefficient (Wildman–Crippen LogP) is 5.02. The highest BCUT2D eigenvalue weighted by Crippen LogP contribution is 2.37. The van der Waals surface area contributed by atoms with Gasteiger partial charge in [-0.2, -0.15) is 0 Å². The van der Waals surface area contributed by atoms with E-state index in [1.165, 1.54) is 6.20 Å². The Morgan fingerprint density at radius 3 is 2.58 bits per heavy atom. The summed E-state index contributed by atoms with van der Waals surface area (Å²) in [5.74, 6) is 1.08. The van der Waals surface area contributed by atoms with Crippen molar-refractivity contribution in [3.05, 3.63) is 42.3 Å². The molecule has 1 aliphatic carbocycles. The number of aromatic nitrogens is 5. The van der Waals surface area contributed by atoms with Crippen molar-refractivity contribution in [1.82, 2.24) is 24.7 Å². The van der Waals surface area contributed by atoms with Gasteiger partial charge in [-0.1, -0.05) is 24.4 Å². The number of hydrogen-bond acceptors (Lipinski definition) is 6. The molecule has 4 heterocycles. The third-order valence-corrected chi connectivity index (χ3v) is 6.19. The van der Waals surface area contributed by atoms with Crippen molar-refractivity contribution in [1.29, 1.82) is 0 Å². The van der Waals surface area contributed by atoms with Gasteiger partial charge in [-0.15, -0.1) is 0 Å². The van der Waals surface area contributed by atoms with Gasteiger partial charge < -0.3 is 14.8 Å². The molecule has 0 spiro atoms. The molecule has 5 rings (SSSR count). The highest BCUT2D eigenvalue weighted by molar-refractivity contribution is 5.94. The van der Waals surface area contributed by atoms with Gasteiger partial charge in [0.05, 0.1) is 41.4 Å². The van der Waals surface area contributed by atoms with Crippen LogP contribution >= 0.6 is 0 Å². The molecule has 0 radical (unpaired) electrons. The molecule has 0 aromatic carbocycles. The largest absolute Gasteiger partial charge is 0.382 e. The minimum Gasteiger partial charge on any atom is -0.382 e. The molecule has 0 amide bonds. The number of hydrogen-bond donors (Lipinski definition) is 1. The Bertz CT molecular complexity index is 1220. The minimum absolute atomic E-state index is 0.290. The zero-order valence-electron chi connectivity index (χ0n) is 17.7. The zero-order valence-corrected chi connectivity index (χ0v) is 17.7. The fraction of sp³-hybridized carbons (Fsp3) is 0.391. The SMILES string of the molecule is Cc1noc(C)c1-c1cnc2c(-c3cnc(N)cn3)cn(CC3(F)CCCCC3)c2c1. The molecule has 160 valence electrons. The van der Waals surface area contributed by atoms with E-state index in [2.05, 4.69) is 15.1 Å². The van der Waals surface area contributed by atoms with Gasteiger partial charge in [-0.3, -0.25) is 9.97 Å². The Morgan fingerprint density at radius 2 is 1.90 bits per heavy atom. The van der Waals surface area contributed by atoms with Gasteiger partial charge in [-0.25, -0.2) is 9.37 Å². The second kappa shape index (κ2) is 7.44. The fourth-order valence-corrected chi connectivity index (χ4v) is 4.64. The van der Waals surface area contributed by atoms with Crippen LogP contribution in [0, 0.1) is 13.8 Å². The first-order chi connectivity index (χ1) is 14.9. The number of nitrogens with zero attached hydrogens (tertiary/aromatic N) is 5. The van der Waals surface area contributed by atoms with Crippen LogP contribution in [0.1, 0.15) is 43.6 Å². The van der Waals surface area contributed by atoms with Gasteiger partial charge in [0.15, 0.2) is 0 Å². The number of rotatable bonds is 4. The summed E-state index contributed by atoms with van der Waals surface area (Å²) in [6, 6.07) is 2.04. The highest BCUT2D eigenvalue weighted by atomic mass is 19.1. The Kier molecular flexibility index (Phi) is 4.72. The monoisotopic (exact) mass is 420 g/mol. The first kappa shape index (κ1) is 19.7. The molecule has 7 nitrogen and oxygen atoms in total. The van der Waals surface area contributed by atoms with Crippen molar-refractivity contribution in [3.8, 4) is 22.4 Å². The van der Waals surface area contributed by atoms with Gasteiger partial charge in [0.25, 0.3) is 0 Å². The summed E-state index contributed by atoms with van der Waals surface area (Å²) in [7, 11) is 0. The van der Waals surface area contributed by atoms with Gasteiger partial charge in [-0.05, 0) is 32.8 Å². The van der Waals surface area contributed by atoms with Crippen molar-refractivity contribution in [2.75, 3.05) is 5.73 Å². The van der Waals surface area contributed by atoms with Crippen LogP contribution in [0.2, 0.25) is 0 Å². The lowest BCUT2D eigenvalue weighted by Crippen LogP contribution is -2.31. The first-order valence-corrected chi connectivity index (χ1v) is 10.6. The molecular formula is C23H25FN6O. The lowest BCUT2D eigenvalue weighted by Gasteiger charge is -2.30. The number of pyridine rings is 1. The molecule has 0 atom stereocenters. The predicted molar refractivity (Wildman–Crippen MR) is 117 cm³/mol. The zero-order chi connectivity index (χ0) is 21.6. The van der Waals surface area contributed by atoms with Crippen LogP contribution in [0.3, 0.4) is 0 Å². The lowest BCUT2D eigenvalue weighted by molar-refractivity contribution is 0.0873. The van der Waals surface area contributed by atoms with E-state index in [1.54, 1.807) is 12.4 Å². The Morgan fingerprint density at radius 1 is 1.10 bits per heavy atom. The van der Waals surface area contributed by atoms with E-state index in [9.17, 15) is 0 Å². The number of fused-ring (bicyclic) bond motifs is 1. The number of anilines is 1. The normalized spacial score (nSPS) is 16.1. The van der Waals surface area contributed by atoms with E-state index >= 15 is 4.39 Å². The standard InChI is InChI=1S/C23H25FN6O/c1-14-21(15(2)31-29-14)16-8-19-22(28-9-16)17(18-10-27-20(25)11-26-18)12-30(19)13-23(24)6-4-3-5-7-23/h8-12H,3-7,13H2,1-2H3,(H2,25,27). The van der Waals surface area contributed by atoms with Crippen LogP contribution in [0.25, 0.3) is 33.4 Å². The lowest BCUT2D eigenvalue weighted by atomic mass is 9.86. The number of nitrogens with two attached hydrogens (primary N) is 1. The van der Waals surface area contributed by atoms with E-state index in [1.807, 2.05) is 30.7 Å². The van der Waals surface area contributed by atoms with Crippen LogP contribution in [-0.4, -0.2) is 30.3 Å². The average Bonchev–Trinajstić information content (AvgIpc) is 3.28. The van der Waals surface area contributed by atoms with Crippen molar-refractivity contribution in [2.45, 2.75) is 58.2 Å². The molecule has 2 N–H and O–H groups in total. The molecule has 31 heavy (non-hydrogen) atoms. The summed E-state index contributed by atoms with van der Waals surface area (Å²) in [6.07, 6.45) is 11.0. The van der Waals surface area contributed by atoms with Crippen LogP contribution in [0.5, 0.6) is 0 Å².